The SMILES string of the molecule is Cc1cc(C(F)(F)F)nn1CC(=O)N1CCC[C@@H]1c1ccccc1Cl. The molecule has 4 nitrogen and oxygen atoms in total. The van der Waals surface area contributed by atoms with Crippen LogP contribution in [0.5, 0.6) is 0 Å². The maximum Gasteiger partial charge on any atom is 0.435 e. The van der Waals surface area contributed by atoms with Gasteiger partial charge in [-0.25, -0.2) is 0 Å². The molecule has 2 heterocycles. The Balaban J connectivity index is 1.79. The van der Waals surface area contributed by atoms with E-state index >= 15 is 0 Å². The van der Waals surface area contributed by atoms with Crippen LogP contribution in [0.2, 0.25) is 5.02 Å². The van der Waals surface area contributed by atoms with Crippen molar-refractivity contribution < 1.29 is 18.0 Å². The molecule has 1 atom stereocenters. The predicted molar refractivity (Wildman–Crippen MR) is 87.1 cm³/mol. The van der Waals surface area contributed by atoms with Crippen LogP contribution in [0.4, 0.5) is 13.2 Å². The number of carbonyl (C=O) groups is 1. The van der Waals surface area contributed by atoms with Gasteiger partial charge in [0.1, 0.15) is 6.54 Å². The summed E-state index contributed by atoms with van der Waals surface area (Å²) >= 11 is 6.23. The van der Waals surface area contributed by atoms with Crippen LogP contribution in [0.3, 0.4) is 0 Å². The van der Waals surface area contributed by atoms with Gasteiger partial charge >= 0.3 is 6.18 Å². The highest BCUT2D eigenvalue weighted by atomic mass is 35.5. The van der Waals surface area contributed by atoms with Crippen LogP contribution < -0.4 is 0 Å². The zero-order chi connectivity index (χ0) is 18.2. The first-order chi connectivity index (χ1) is 11.8. The molecule has 0 spiro atoms. The summed E-state index contributed by atoms with van der Waals surface area (Å²) in [5.74, 6) is -0.262. The summed E-state index contributed by atoms with van der Waals surface area (Å²) in [6, 6.07) is 8.11. The summed E-state index contributed by atoms with van der Waals surface area (Å²) in [5, 5.41) is 4.11. The lowest BCUT2D eigenvalue weighted by molar-refractivity contribution is -0.142. The van der Waals surface area contributed by atoms with Gasteiger partial charge in [-0.3, -0.25) is 9.48 Å². The number of halogens is 4. The van der Waals surface area contributed by atoms with Crippen molar-refractivity contribution >= 4 is 17.5 Å². The van der Waals surface area contributed by atoms with E-state index in [9.17, 15) is 18.0 Å². The van der Waals surface area contributed by atoms with E-state index in [0.717, 1.165) is 29.2 Å². The molecule has 0 aliphatic carbocycles. The second-order valence-electron chi connectivity index (χ2n) is 6.09. The molecule has 0 N–H and O–H groups in total. The van der Waals surface area contributed by atoms with Crippen molar-refractivity contribution in [3.05, 3.63) is 52.3 Å². The van der Waals surface area contributed by atoms with E-state index in [1.165, 1.54) is 6.92 Å². The highest BCUT2D eigenvalue weighted by molar-refractivity contribution is 6.31. The molecule has 0 radical (unpaired) electrons. The molecule has 1 amide bonds. The van der Waals surface area contributed by atoms with Gasteiger partial charge in [0.15, 0.2) is 5.69 Å². The Bertz CT molecular complexity index is 788. The number of aryl methyl sites for hydroxylation is 1. The standard InChI is InChI=1S/C17H17ClF3N3O/c1-11-9-15(17(19,20)21)22-24(11)10-16(25)23-8-4-7-14(23)12-5-2-3-6-13(12)18/h2-3,5-6,9,14H,4,7-8,10H2,1H3/t14-/m1/s1. The van der Waals surface area contributed by atoms with Crippen LogP contribution in [-0.4, -0.2) is 27.1 Å². The van der Waals surface area contributed by atoms with Gasteiger partial charge in [0.2, 0.25) is 5.91 Å². The van der Waals surface area contributed by atoms with Gasteiger partial charge < -0.3 is 4.90 Å². The number of hydrogen-bond acceptors (Lipinski definition) is 2. The van der Waals surface area contributed by atoms with Gasteiger partial charge in [-0.05, 0) is 37.5 Å². The molecule has 134 valence electrons. The van der Waals surface area contributed by atoms with E-state index in [4.69, 9.17) is 11.6 Å². The van der Waals surface area contributed by atoms with Crippen LogP contribution in [0.15, 0.2) is 30.3 Å². The Hall–Kier alpha value is -2.02. The average molecular weight is 372 g/mol. The number of rotatable bonds is 3. The Kier molecular flexibility index (Phi) is 4.77. The first-order valence-corrected chi connectivity index (χ1v) is 8.30. The number of amides is 1. The average Bonchev–Trinajstić information content (AvgIpc) is 3.15. The third-order valence-electron chi connectivity index (χ3n) is 4.39. The first kappa shape index (κ1) is 17.8. The van der Waals surface area contributed by atoms with Crippen LogP contribution in [0, 0.1) is 6.92 Å². The molecule has 25 heavy (non-hydrogen) atoms. The Morgan fingerprint density at radius 2 is 2.08 bits per heavy atom. The maximum atomic E-state index is 12.8. The van der Waals surface area contributed by atoms with E-state index in [0.29, 0.717) is 17.3 Å². The van der Waals surface area contributed by atoms with Crippen LogP contribution in [0.25, 0.3) is 0 Å². The summed E-state index contributed by atoms with van der Waals surface area (Å²) in [6.45, 7) is 1.84. The Labute approximate surface area is 148 Å². The lowest BCUT2D eigenvalue weighted by atomic mass is 10.0. The molecule has 8 heteroatoms. The molecule has 1 aliphatic rings. The summed E-state index contributed by atoms with van der Waals surface area (Å²) in [6.07, 6.45) is -2.91. The zero-order valence-corrected chi connectivity index (χ0v) is 14.3. The van der Waals surface area contributed by atoms with Crippen molar-refractivity contribution in [1.82, 2.24) is 14.7 Å². The van der Waals surface area contributed by atoms with Crippen molar-refractivity contribution in [3.8, 4) is 0 Å². The second kappa shape index (κ2) is 6.71. The van der Waals surface area contributed by atoms with Crippen molar-refractivity contribution in [3.63, 3.8) is 0 Å². The number of benzene rings is 1. The molecule has 1 fully saturated rings. The molecule has 0 unspecified atom stereocenters. The van der Waals surface area contributed by atoms with E-state index in [-0.39, 0.29) is 18.5 Å². The quantitative estimate of drug-likeness (QED) is 0.810. The smallest absolute Gasteiger partial charge is 0.334 e. The van der Waals surface area contributed by atoms with Gasteiger partial charge in [-0.1, -0.05) is 29.8 Å². The third kappa shape index (κ3) is 3.66. The fraction of sp³-hybridized carbons (Fsp3) is 0.412. The van der Waals surface area contributed by atoms with Crippen molar-refractivity contribution in [2.24, 2.45) is 0 Å². The molecule has 0 bridgehead atoms. The van der Waals surface area contributed by atoms with Crippen molar-refractivity contribution in [2.45, 2.75) is 38.5 Å². The summed E-state index contributed by atoms with van der Waals surface area (Å²) in [7, 11) is 0. The fourth-order valence-corrected chi connectivity index (χ4v) is 3.42. The summed E-state index contributed by atoms with van der Waals surface area (Å²) in [4.78, 5) is 14.3. The maximum absolute atomic E-state index is 12.8. The number of hydrogen-bond donors (Lipinski definition) is 0. The molecular weight excluding hydrogens is 355 g/mol. The van der Waals surface area contributed by atoms with Gasteiger partial charge in [0.25, 0.3) is 0 Å². The zero-order valence-electron chi connectivity index (χ0n) is 13.6. The summed E-state index contributed by atoms with van der Waals surface area (Å²) in [5.41, 5.74) is 0.180. The minimum absolute atomic E-state index is 0.154. The number of aromatic nitrogens is 2. The lowest BCUT2D eigenvalue weighted by Crippen LogP contribution is -2.34. The lowest BCUT2D eigenvalue weighted by Gasteiger charge is -2.26. The van der Waals surface area contributed by atoms with Gasteiger partial charge in [-0.15, -0.1) is 0 Å². The molecule has 1 aromatic carbocycles. The monoisotopic (exact) mass is 371 g/mol. The number of likely N-dealkylation sites (tertiary alicyclic amines) is 1. The Morgan fingerprint density at radius 1 is 1.36 bits per heavy atom. The summed E-state index contributed by atoms with van der Waals surface area (Å²) < 4.78 is 39.4. The number of carbonyl (C=O) groups excluding carboxylic acids is 1. The van der Waals surface area contributed by atoms with Crippen LogP contribution in [-0.2, 0) is 17.5 Å². The number of nitrogens with zero attached hydrogens (tertiary/aromatic N) is 3. The first-order valence-electron chi connectivity index (χ1n) is 7.93. The Morgan fingerprint density at radius 3 is 2.72 bits per heavy atom. The van der Waals surface area contributed by atoms with E-state index in [1.807, 2.05) is 18.2 Å². The normalized spacial score (nSPS) is 18.0. The third-order valence-corrected chi connectivity index (χ3v) is 4.74. The van der Waals surface area contributed by atoms with Crippen LogP contribution >= 0.6 is 11.6 Å². The van der Waals surface area contributed by atoms with E-state index in [1.54, 1.807) is 11.0 Å². The molecular formula is C17H17ClF3N3O. The van der Waals surface area contributed by atoms with E-state index in [2.05, 4.69) is 5.10 Å². The predicted octanol–water partition coefficient (Wildman–Crippen LogP) is 4.23. The fourth-order valence-electron chi connectivity index (χ4n) is 3.16. The second-order valence-corrected chi connectivity index (χ2v) is 6.50. The minimum atomic E-state index is -4.52. The van der Waals surface area contributed by atoms with E-state index < -0.39 is 11.9 Å². The highest BCUT2D eigenvalue weighted by Crippen LogP contribution is 2.36. The number of alkyl halides is 3. The molecule has 0 saturated carbocycles. The van der Waals surface area contributed by atoms with Gasteiger partial charge in [0.05, 0.1) is 6.04 Å². The molecule has 3 rings (SSSR count). The topological polar surface area (TPSA) is 38.1 Å². The van der Waals surface area contributed by atoms with Gasteiger partial charge in [-0.2, -0.15) is 18.3 Å². The minimum Gasteiger partial charge on any atom is -0.334 e. The highest BCUT2D eigenvalue weighted by Gasteiger charge is 2.35. The molecule has 1 aromatic heterocycles. The molecule has 2 aromatic rings. The van der Waals surface area contributed by atoms with Crippen molar-refractivity contribution in [2.75, 3.05) is 6.54 Å². The van der Waals surface area contributed by atoms with Crippen LogP contribution in [0.1, 0.15) is 35.8 Å². The molecule has 1 aliphatic heterocycles. The largest absolute Gasteiger partial charge is 0.435 e. The van der Waals surface area contributed by atoms with Crippen molar-refractivity contribution in [1.29, 1.82) is 0 Å². The van der Waals surface area contributed by atoms with Gasteiger partial charge in [0, 0.05) is 17.3 Å². The molecule has 1 saturated heterocycles.